The average molecular weight is 753 g/mol. The van der Waals surface area contributed by atoms with Gasteiger partial charge in [0.2, 0.25) is 0 Å². The third-order valence-electron chi connectivity index (χ3n) is 11.6. The molecule has 56 heavy (non-hydrogen) atoms. The average Bonchev–Trinajstić information content (AvgIpc) is 3.93. The first kappa shape index (κ1) is 35.8. The smallest absolute Gasteiger partial charge is 0.386 e. The summed E-state index contributed by atoms with van der Waals surface area (Å²) in [6.07, 6.45) is 9.83. The van der Waals surface area contributed by atoms with Crippen LogP contribution in [0, 0.1) is 0 Å². The van der Waals surface area contributed by atoms with Crippen molar-refractivity contribution in [2.75, 3.05) is 0 Å². The summed E-state index contributed by atoms with van der Waals surface area (Å²) in [7, 11) is -4.25. The van der Waals surface area contributed by atoms with Gasteiger partial charge in [-0.3, -0.25) is 0 Å². The van der Waals surface area contributed by atoms with Crippen LogP contribution in [0.15, 0.2) is 146 Å². The van der Waals surface area contributed by atoms with E-state index in [1.54, 1.807) is 0 Å². The summed E-state index contributed by atoms with van der Waals surface area (Å²) in [5.74, 6) is 2.16. The largest absolute Gasteiger partial charge is 0.647 e. The number of benzene rings is 6. The zero-order valence-corrected chi connectivity index (χ0v) is 32.9. The van der Waals surface area contributed by atoms with Crippen molar-refractivity contribution in [2.24, 2.45) is 0 Å². The van der Waals surface area contributed by atoms with E-state index in [0.717, 1.165) is 36.0 Å². The molecule has 0 amide bonds. The predicted molar refractivity (Wildman–Crippen MR) is 231 cm³/mol. The zero-order chi connectivity index (χ0) is 38.2. The molecule has 0 fully saturated rings. The van der Waals surface area contributed by atoms with E-state index in [1.165, 1.54) is 50.1 Å². The fourth-order valence-corrected chi connectivity index (χ4v) is 10.2. The second-order valence-corrected chi connectivity index (χ2v) is 16.3. The van der Waals surface area contributed by atoms with Crippen LogP contribution in [0.4, 0.5) is 0 Å². The minimum atomic E-state index is -4.25. The van der Waals surface area contributed by atoms with E-state index in [1.807, 2.05) is 72.8 Å². The van der Waals surface area contributed by atoms with Gasteiger partial charge in [0.05, 0.1) is 0 Å². The van der Waals surface area contributed by atoms with E-state index >= 15 is 0 Å². The Hall–Kier alpha value is -5.83. The third kappa shape index (κ3) is 6.73. The normalized spacial score (nSPS) is 18.8. The van der Waals surface area contributed by atoms with Crippen LogP contribution >= 0.6 is 7.82 Å². The molecule has 9 rings (SSSR count). The summed E-state index contributed by atoms with van der Waals surface area (Å²) in [4.78, 5) is 0. The van der Waals surface area contributed by atoms with Gasteiger partial charge in [-0.25, -0.2) is 0 Å². The van der Waals surface area contributed by atoms with Crippen LogP contribution in [-0.4, -0.2) is 0 Å². The van der Waals surface area contributed by atoms with E-state index in [4.69, 9.17) is 13.6 Å². The van der Waals surface area contributed by atoms with Crippen LogP contribution in [0.25, 0.3) is 34.9 Å². The van der Waals surface area contributed by atoms with Crippen LogP contribution in [0.3, 0.4) is 0 Å². The van der Waals surface area contributed by atoms with Crippen molar-refractivity contribution in [1.82, 2.24) is 0 Å². The Balaban J connectivity index is 0.986. The van der Waals surface area contributed by atoms with Gasteiger partial charge >= 0.3 is 7.82 Å². The lowest BCUT2D eigenvalue weighted by atomic mass is 9.89. The molecule has 0 radical (unpaired) electrons. The van der Waals surface area contributed by atoms with Crippen LogP contribution in [-0.2, 0) is 4.57 Å². The molecule has 3 atom stereocenters. The Labute approximate surface area is 330 Å². The first-order valence-corrected chi connectivity index (χ1v) is 21.3. The summed E-state index contributed by atoms with van der Waals surface area (Å²) < 4.78 is 33.5. The molecule has 3 unspecified atom stereocenters. The minimum Gasteiger partial charge on any atom is -0.386 e. The molecule has 3 aliphatic carbocycles. The van der Waals surface area contributed by atoms with Crippen molar-refractivity contribution in [3.05, 3.63) is 196 Å². The summed E-state index contributed by atoms with van der Waals surface area (Å²) in [5, 5.41) is 0. The molecule has 0 aromatic heterocycles. The highest BCUT2D eigenvalue weighted by Gasteiger charge is 2.34. The molecule has 4 nitrogen and oxygen atoms in total. The fraction of sp³-hybridized carbons (Fsp3) is 0.176. The number of hydrogen-bond acceptors (Lipinski definition) is 4. The van der Waals surface area contributed by atoms with Gasteiger partial charge in [0, 0.05) is 17.8 Å². The highest BCUT2D eigenvalue weighted by molar-refractivity contribution is 7.49. The van der Waals surface area contributed by atoms with Gasteiger partial charge in [-0.15, -0.1) is 0 Å². The molecule has 0 spiro atoms. The lowest BCUT2D eigenvalue weighted by Gasteiger charge is -2.21. The Morgan fingerprint density at radius 1 is 0.393 bits per heavy atom. The van der Waals surface area contributed by atoms with Crippen molar-refractivity contribution < 1.29 is 18.1 Å². The summed E-state index contributed by atoms with van der Waals surface area (Å²) >= 11 is 0. The monoisotopic (exact) mass is 752 g/mol. The summed E-state index contributed by atoms with van der Waals surface area (Å²) in [6.45, 7) is 6.67. The first-order chi connectivity index (χ1) is 27.4. The van der Waals surface area contributed by atoms with Crippen LogP contribution in [0.1, 0.15) is 108 Å². The van der Waals surface area contributed by atoms with Gasteiger partial charge < -0.3 is 13.6 Å². The highest BCUT2D eigenvalue weighted by Crippen LogP contribution is 2.52. The maximum atomic E-state index is 14.8. The third-order valence-corrected chi connectivity index (χ3v) is 12.9. The Bertz CT molecular complexity index is 2260. The number of phosphoric acid groups is 1. The van der Waals surface area contributed by atoms with Gasteiger partial charge in [0.25, 0.3) is 0 Å². The molecule has 6 aromatic rings. The number of rotatable bonds is 12. The molecule has 0 saturated carbocycles. The first-order valence-electron chi connectivity index (χ1n) is 19.8. The quantitative estimate of drug-likeness (QED) is 0.117. The van der Waals surface area contributed by atoms with Gasteiger partial charge in [-0.05, 0) is 122 Å². The summed E-state index contributed by atoms with van der Waals surface area (Å²) in [5.41, 5.74) is 15.0. The Morgan fingerprint density at radius 3 is 0.929 bits per heavy atom. The van der Waals surface area contributed by atoms with Gasteiger partial charge in [-0.2, -0.15) is 4.57 Å². The van der Waals surface area contributed by atoms with Crippen molar-refractivity contribution in [3.63, 3.8) is 0 Å². The minimum absolute atomic E-state index is 0.324. The van der Waals surface area contributed by atoms with E-state index in [-0.39, 0.29) is 0 Å². The molecule has 0 N–H and O–H groups in total. The van der Waals surface area contributed by atoms with Crippen molar-refractivity contribution in [2.45, 2.75) is 57.8 Å². The topological polar surface area (TPSA) is 44.8 Å². The molecule has 3 aliphatic rings. The van der Waals surface area contributed by atoms with Gasteiger partial charge in [0.1, 0.15) is 17.2 Å². The van der Waals surface area contributed by atoms with E-state index in [0.29, 0.717) is 35.0 Å². The molecular formula is C51H45O4P. The lowest BCUT2D eigenvalue weighted by molar-refractivity contribution is 0.298. The van der Waals surface area contributed by atoms with Gasteiger partial charge in [0.15, 0.2) is 0 Å². The predicted octanol–water partition coefficient (Wildman–Crippen LogP) is 14.5. The number of fused-ring (bicyclic) bond motifs is 3. The SMILES string of the molecule is CCC1C(c2ccc(OP(=O)(Oc3ccc(C4=Cc5ccccc5C4CC)cc3)Oc3ccc(C4=Cc5ccccc5C4CC)cc3)cc2)=Cc2ccccc21. The number of hydrogen-bond donors (Lipinski definition) is 0. The molecule has 0 heterocycles. The van der Waals surface area contributed by atoms with E-state index in [9.17, 15) is 4.57 Å². The molecule has 6 aromatic carbocycles. The van der Waals surface area contributed by atoms with Crippen LogP contribution in [0.2, 0.25) is 0 Å². The van der Waals surface area contributed by atoms with Crippen molar-refractivity contribution in [3.8, 4) is 17.2 Å². The molecule has 278 valence electrons. The zero-order valence-electron chi connectivity index (χ0n) is 32.0. The molecule has 0 bridgehead atoms. The molecular weight excluding hydrogens is 708 g/mol. The molecule has 0 aliphatic heterocycles. The number of phosphoric ester groups is 1. The van der Waals surface area contributed by atoms with Gasteiger partial charge in [-0.1, -0.05) is 148 Å². The van der Waals surface area contributed by atoms with E-state index < -0.39 is 7.82 Å². The van der Waals surface area contributed by atoms with E-state index in [2.05, 4.69) is 112 Å². The second-order valence-electron chi connectivity index (χ2n) is 14.9. The summed E-state index contributed by atoms with van der Waals surface area (Å²) in [6, 6.07) is 49.0. The maximum Gasteiger partial charge on any atom is 0.647 e. The number of allylic oxidation sites excluding steroid dienone is 3. The second kappa shape index (κ2) is 15.0. The fourth-order valence-electron chi connectivity index (χ4n) is 8.93. The standard InChI is InChI=1S/C51H45O4P/c1-4-43-46-16-10-7-13-37(46)31-49(43)34-19-25-40(26-20-34)53-56(52,54-41-27-21-35(22-28-41)50-32-38-14-8-11-17-47(38)44(50)5-2)55-42-29-23-36(24-30-42)51-33-39-15-9-12-18-48(39)45(51)6-3/h7-33,43-45H,4-6H2,1-3H3. The van der Waals surface area contributed by atoms with Crippen LogP contribution in [0.5, 0.6) is 17.2 Å². The maximum absolute atomic E-state index is 14.8. The Kier molecular flexibility index (Phi) is 9.61. The Morgan fingerprint density at radius 2 is 0.661 bits per heavy atom. The van der Waals surface area contributed by atoms with Crippen molar-refractivity contribution in [1.29, 1.82) is 0 Å². The van der Waals surface area contributed by atoms with Crippen LogP contribution < -0.4 is 13.6 Å². The van der Waals surface area contributed by atoms with Crippen molar-refractivity contribution >= 4 is 42.8 Å². The molecule has 0 saturated heterocycles. The molecule has 5 heteroatoms. The highest BCUT2D eigenvalue weighted by atomic mass is 31.2. The lowest BCUT2D eigenvalue weighted by Crippen LogP contribution is -2.08.